The van der Waals surface area contributed by atoms with Crippen LogP contribution < -0.4 is 0 Å². The average molecular weight is 343 g/mol. The quantitative estimate of drug-likeness (QED) is 0.447. The Hall–Kier alpha value is -2.97. The topological polar surface area (TPSA) is 25.8 Å². The molecule has 4 aromatic rings. The Balaban J connectivity index is 1.90. The number of benzene rings is 2. The molecule has 0 radical (unpaired) electrons. The lowest BCUT2D eigenvalue weighted by atomic mass is 9.96. The lowest BCUT2D eigenvalue weighted by Gasteiger charge is -2.10. The first-order valence-corrected chi connectivity index (χ1v) is 8.41. The van der Waals surface area contributed by atoms with Crippen LogP contribution in [0.3, 0.4) is 0 Å². The van der Waals surface area contributed by atoms with Gasteiger partial charge in [-0.15, -0.1) is 0 Å². The van der Waals surface area contributed by atoms with Gasteiger partial charge >= 0.3 is 0 Å². The zero-order chi connectivity index (χ0) is 17.1. The first-order chi connectivity index (χ1) is 12.3. The molecule has 2 heterocycles. The molecule has 0 aliphatic carbocycles. The van der Waals surface area contributed by atoms with Crippen LogP contribution in [0.25, 0.3) is 33.6 Å². The zero-order valence-corrected chi connectivity index (χ0v) is 14.2. The Labute approximate surface area is 151 Å². The fourth-order valence-corrected chi connectivity index (χ4v) is 2.93. The molecular weight excluding hydrogens is 328 g/mol. The largest absolute Gasteiger partial charge is 0.256 e. The van der Waals surface area contributed by atoms with E-state index in [0.29, 0.717) is 0 Å². The molecular formula is C22H15ClN2. The SMILES string of the molecule is Clc1ccc(-c2cc(-c3ccccn3)cc(-c3ccccn3)c2)cc1. The van der Waals surface area contributed by atoms with Gasteiger partial charge in [-0.2, -0.15) is 0 Å². The minimum atomic E-state index is 0.731. The summed E-state index contributed by atoms with van der Waals surface area (Å²) in [5.41, 5.74) is 6.23. The summed E-state index contributed by atoms with van der Waals surface area (Å²) in [5, 5.41) is 0.731. The molecule has 2 nitrogen and oxygen atoms in total. The van der Waals surface area contributed by atoms with Crippen molar-refractivity contribution < 1.29 is 0 Å². The third-order valence-electron chi connectivity index (χ3n) is 4.03. The molecule has 120 valence electrons. The second-order valence-corrected chi connectivity index (χ2v) is 6.17. The summed E-state index contributed by atoms with van der Waals surface area (Å²) in [6.45, 7) is 0. The molecule has 25 heavy (non-hydrogen) atoms. The van der Waals surface area contributed by atoms with Gasteiger partial charge in [-0.25, -0.2) is 0 Å². The molecule has 0 saturated carbocycles. The van der Waals surface area contributed by atoms with Crippen LogP contribution in [-0.2, 0) is 0 Å². The summed E-state index contributed by atoms with van der Waals surface area (Å²) in [7, 11) is 0. The van der Waals surface area contributed by atoms with E-state index in [9.17, 15) is 0 Å². The molecule has 2 aromatic carbocycles. The maximum atomic E-state index is 6.03. The molecule has 0 N–H and O–H groups in total. The maximum absolute atomic E-state index is 6.03. The van der Waals surface area contributed by atoms with Crippen molar-refractivity contribution >= 4 is 11.6 Å². The Morgan fingerprint density at radius 3 is 1.52 bits per heavy atom. The van der Waals surface area contributed by atoms with Crippen LogP contribution in [0.2, 0.25) is 5.02 Å². The van der Waals surface area contributed by atoms with Gasteiger partial charge in [-0.05, 0) is 65.7 Å². The maximum Gasteiger partial charge on any atom is 0.0702 e. The number of hydrogen-bond donors (Lipinski definition) is 0. The van der Waals surface area contributed by atoms with Crippen molar-refractivity contribution in [2.75, 3.05) is 0 Å². The van der Waals surface area contributed by atoms with E-state index >= 15 is 0 Å². The standard InChI is InChI=1S/C22H15ClN2/c23-20-9-7-16(8-10-20)17-13-18(21-5-1-3-11-24-21)15-19(14-17)22-6-2-4-12-25-22/h1-15H. The van der Waals surface area contributed by atoms with Gasteiger partial charge in [0.1, 0.15) is 0 Å². The molecule has 0 bridgehead atoms. The molecule has 0 spiro atoms. The van der Waals surface area contributed by atoms with E-state index in [0.717, 1.165) is 38.7 Å². The van der Waals surface area contributed by atoms with Gasteiger partial charge in [0.05, 0.1) is 11.4 Å². The smallest absolute Gasteiger partial charge is 0.0702 e. The Morgan fingerprint density at radius 1 is 0.520 bits per heavy atom. The van der Waals surface area contributed by atoms with Crippen LogP contribution in [0.5, 0.6) is 0 Å². The van der Waals surface area contributed by atoms with Crippen LogP contribution in [0.15, 0.2) is 91.3 Å². The molecule has 0 aliphatic rings. The van der Waals surface area contributed by atoms with Crippen LogP contribution in [-0.4, -0.2) is 9.97 Å². The summed E-state index contributed by atoms with van der Waals surface area (Å²) < 4.78 is 0. The number of rotatable bonds is 3. The number of nitrogens with zero attached hydrogens (tertiary/aromatic N) is 2. The minimum absolute atomic E-state index is 0.731. The van der Waals surface area contributed by atoms with E-state index in [4.69, 9.17) is 11.6 Å². The third-order valence-corrected chi connectivity index (χ3v) is 4.28. The molecule has 0 atom stereocenters. The van der Waals surface area contributed by atoms with E-state index in [1.54, 1.807) is 0 Å². The number of hydrogen-bond acceptors (Lipinski definition) is 2. The van der Waals surface area contributed by atoms with E-state index < -0.39 is 0 Å². The lowest BCUT2D eigenvalue weighted by Crippen LogP contribution is -1.89. The molecule has 3 heteroatoms. The van der Waals surface area contributed by atoms with Gasteiger partial charge in [-0.1, -0.05) is 35.9 Å². The lowest BCUT2D eigenvalue weighted by molar-refractivity contribution is 1.31. The zero-order valence-electron chi connectivity index (χ0n) is 13.4. The van der Waals surface area contributed by atoms with Gasteiger partial charge in [0, 0.05) is 28.5 Å². The predicted molar refractivity (Wildman–Crippen MR) is 103 cm³/mol. The fourth-order valence-electron chi connectivity index (χ4n) is 2.80. The van der Waals surface area contributed by atoms with Crippen molar-refractivity contribution in [2.45, 2.75) is 0 Å². The highest BCUT2D eigenvalue weighted by Gasteiger charge is 2.08. The van der Waals surface area contributed by atoms with Gasteiger partial charge in [0.2, 0.25) is 0 Å². The van der Waals surface area contributed by atoms with Crippen molar-refractivity contribution in [3.63, 3.8) is 0 Å². The molecule has 2 aromatic heterocycles. The van der Waals surface area contributed by atoms with Gasteiger partial charge in [0.15, 0.2) is 0 Å². The van der Waals surface area contributed by atoms with Crippen LogP contribution in [0, 0.1) is 0 Å². The average Bonchev–Trinajstić information content (AvgIpc) is 2.69. The highest BCUT2D eigenvalue weighted by Crippen LogP contribution is 2.31. The predicted octanol–water partition coefficient (Wildman–Crippen LogP) is 6.13. The highest BCUT2D eigenvalue weighted by molar-refractivity contribution is 6.30. The van der Waals surface area contributed by atoms with Crippen molar-refractivity contribution in [1.29, 1.82) is 0 Å². The summed E-state index contributed by atoms with van der Waals surface area (Å²) in [6.07, 6.45) is 3.62. The number of halogens is 1. The van der Waals surface area contributed by atoms with Crippen LogP contribution >= 0.6 is 11.6 Å². The summed E-state index contributed by atoms with van der Waals surface area (Å²) in [5.74, 6) is 0. The van der Waals surface area contributed by atoms with E-state index in [1.165, 1.54) is 0 Å². The van der Waals surface area contributed by atoms with Gasteiger partial charge < -0.3 is 0 Å². The Bertz CT molecular complexity index is 924. The van der Waals surface area contributed by atoms with Crippen molar-refractivity contribution in [3.05, 3.63) is 96.3 Å². The first kappa shape index (κ1) is 15.6. The molecule has 4 rings (SSSR count). The molecule has 0 unspecified atom stereocenters. The summed E-state index contributed by atoms with van der Waals surface area (Å²) in [4.78, 5) is 8.98. The first-order valence-electron chi connectivity index (χ1n) is 8.03. The van der Waals surface area contributed by atoms with E-state index in [1.807, 2.05) is 73.1 Å². The minimum Gasteiger partial charge on any atom is -0.256 e. The van der Waals surface area contributed by atoms with Crippen molar-refractivity contribution in [1.82, 2.24) is 9.97 Å². The molecule has 0 amide bonds. The van der Waals surface area contributed by atoms with E-state index in [-0.39, 0.29) is 0 Å². The fraction of sp³-hybridized carbons (Fsp3) is 0. The molecule has 0 aliphatic heterocycles. The number of aromatic nitrogens is 2. The van der Waals surface area contributed by atoms with Crippen molar-refractivity contribution in [3.8, 4) is 33.6 Å². The normalized spacial score (nSPS) is 10.6. The van der Waals surface area contributed by atoms with Crippen LogP contribution in [0.4, 0.5) is 0 Å². The highest BCUT2D eigenvalue weighted by atomic mass is 35.5. The number of pyridine rings is 2. The van der Waals surface area contributed by atoms with Crippen LogP contribution in [0.1, 0.15) is 0 Å². The summed E-state index contributed by atoms with van der Waals surface area (Å²) >= 11 is 6.03. The van der Waals surface area contributed by atoms with Crippen molar-refractivity contribution in [2.24, 2.45) is 0 Å². The Morgan fingerprint density at radius 2 is 1.04 bits per heavy atom. The van der Waals surface area contributed by atoms with E-state index in [2.05, 4.69) is 28.2 Å². The molecule has 0 saturated heterocycles. The molecule has 0 fully saturated rings. The summed E-state index contributed by atoms with van der Waals surface area (Å²) in [6, 6.07) is 26.2. The van der Waals surface area contributed by atoms with Gasteiger partial charge in [-0.3, -0.25) is 9.97 Å². The third kappa shape index (κ3) is 3.44. The Kier molecular flexibility index (Phi) is 4.28. The van der Waals surface area contributed by atoms with Gasteiger partial charge in [0.25, 0.3) is 0 Å². The monoisotopic (exact) mass is 342 g/mol. The second-order valence-electron chi connectivity index (χ2n) is 5.74. The second kappa shape index (κ2) is 6.88.